The van der Waals surface area contributed by atoms with E-state index >= 15 is 0 Å². The van der Waals surface area contributed by atoms with Crippen molar-refractivity contribution in [3.63, 3.8) is 0 Å². The maximum atomic E-state index is 11.5. The van der Waals surface area contributed by atoms with Crippen molar-refractivity contribution < 1.29 is 19.7 Å². The number of phenolic OH excluding ortho intramolecular Hbond substituents is 2. The molecule has 1 aliphatic rings. The topological polar surface area (TPSA) is 66.8 Å². The SMILES string of the molecule is CC(=O)c1cc(O)c2c(c1O)C=CC(C)(CCC=C(C)C)O2. The zero-order valence-electron chi connectivity index (χ0n) is 13.4. The van der Waals surface area contributed by atoms with Gasteiger partial charge in [-0.2, -0.15) is 0 Å². The number of hydrogen-bond donors (Lipinski definition) is 2. The maximum absolute atomic E-state index is 11.5. The van der Waals surface area contributed by atoms with E-state index in [9.17, 15) is 15.0 Å². The molecule has 1 aromatic carbocycles. The minimum atomic E-state index is -0.555. The second-order valence-corrected chi connectivity index (χ2v) is 6.16. The van der Waals surface area contributed by atoms with Gasteiger partial charge in [0.25, 0.3) is 0 Å². The van der Waals surface area contributed by atoms with E-state index < -0.39 is 5.60 Å². The molecular formula is C18H22O4. The monoisotopic (exact) mass is 302 g/mol. The minimum Gasteiger partial charge on any atom is -0.506 e. The zero-order valence-corrected chi connectivity index (χ0v) is 13.4. The van der Waals surface area contributed by atoms with E-state index in [0.29, 0.717) is 5.56 Å². The molecule has 0 radical (unpaired) electrons. The van der Waals surface area contributed by atoms with Gasteiger partial charge < -0.3 is 14.9 Å². The van der Waals surface area contributed by atoms with Crippen LogP contribution in [-0.2, 0) is 0 Å². The molecule has 0 saturated carbocycles. The van der Waals surface area contributed by atoms with Gasteiger partial charge in [-0.05, 0) is 58.8 Å². The fourth-order valence-electron chi connectivity index (χ4n) is 2.50. The summed E-state index contributed by atoms with van der Waals surface area (Å²) in [6.07, 6.45) is 7.31. The van der Waals surface area contributed by atoms with Crippen molar-refractivity contribution in [2.24, 2.45) is 0 Å². The van der Waals surface area contributed by atoms with Crippen molar-refractivity contribution in [1.82, 2.24) is 0 Å². The Hall–Kier alpha value is -2.23. The summed E-state index contributed by atoms with van der Waals surface area (Å²) in [6, 6.07) is 1.26. The van der Waals surface area contributed by atoms with Gasteiger partial charge in [0, 0.05) is 0 Å². The third-order valence-corrected chi connectivity index (χ3v) is 3.78. The van der Waals surface area contributed by atoms with Crippen molar-refractivity contribution in [3.8, 4) is 17.2 Å². The van der Waals surface area contributed by atoms with Crippen molar-refractivity contribution in [2.45, 2.75) is 46.1 Å². The molecule has 0 spiro atoms. The van der Waals surface area contributed by atoms with Crippen LogP contribution in [0.1, 0.15) is 56.5 Å². The van der Waals surface area contributed by atoms with Crippen LogP contribution < -0.4 is 4.74 Å². The predicted octanol–water partition coefficient (Wildman–Crippen LogP) is 4.21. The molecule has 2 N–H and O–H groups in total. The van der Waals surface area contributed by atoms with E-state index in [2.05, 4.69) is 6.08 Å². The van der Waals surface area contributed by atoms with E-state index in [-0.39, 0.29) is 28.6 Å². The van der Waals surface area contributed by atoms with Gasteiger partial charge in [0.15, 0.2) is 17.3 Å². The molecule has 0 fully saturated rings. The normalized spacial score (nSPS) is 19.3. The number of aromatic hydroxyl groups is 2. The van der Waals surface area contributed by atoms with Crippen molar-refractivity contribution in [2.75, 3.05) is 0 Å². The zero-order chi connectivity index (χ0) is 16.5. The number of ketones is 1. The van der Waals surface area contributed by atoms with E-state index in [1.165, 1.54) is 18.6 Å². The molecule has 1 atom stereocenters. The molecule has 1 aromatic rings. The van der Waals surface area contributed by atoms with Crippen LogP contribution in [0, 0.1) is 0 Å². The molecule has 1 aliphatic heterocycles. The number of allylic oxidation sites excluding steroid dienone is 2. The molecule has 0 aromatic heterocycles. The smallest absolute Gasteiger partial charge is 0.173 e. The highest BCUT2D eigenvalue weighted by Crippen LogP contribution is 2.45. The lowest BCUT2D eigenvalue weighted by atomic mass is 9.93. The molecule has 2 rings (SSSR count). The number of carbonyl (C=O) groups is 1. The first-order chi connectivity index (χ1) is 10.2. The second-order valence-electron chi connectivity index (χ2n) is 6.16. The summed E-state index contributed by atoms with van der Waals surface area (Å²) in [4.78, 5) is 11.5. The molecule has 1 unspecified atom stereocenters. The number of phenols is 2. The largest absolute Gasteiger partial charge is 0.506 e. The van der Waals surface area contributed by atoms with Crippen LogP contribution >= 0.6 is 0 Å². The molecule has 0 bridgehead atoms. The van der Waals surface area contributed by atoms with Crippen LogP contribution in [-0.4, -0.2) is 21.6 Å². The number of hydrogen-bond acceptors (Lipinski definition) is 4. The predicted molar refractivity (Wildman–Crippen MR) is 86.5 cm³/mol. The minimum absolute atomic E-state index is 0.0950. The van der Waals surface area contributed by atoms with Crippen LogP contribution in [0.15, 0.2) is 23.8 Å². The third kappa shape index (κ3) is 3.16. The Morgan fingerprint density at radius 2 is 2.00 bits per heavy atom. The number of carbonyl (C=O) groups excluding carboxylic acids is 1. The van der Waals surface area contributed by atoms with Gasteiger partial charge in [0.1, 0.15) is 11.4 Å². The number of ether oxygens (including phenoxy) is 1. The highest BCUT2D eigenvalue weighted by molar-refractivity contribution is 5.99. The Morgan fingerprint density at radius 3 is 2.59 bits per heavy atom. The van der Waals surface area contributed by atoms with Gasteiger partial charge in [-0.3, -0.25) is 4.79 Å². The van der Waals surface area contributed by atoms with Gasteiger partial charge in [-0.1, -0.05) is 11.6 Å². The average molecular weight is 302 g/mol. The average Bonchev–Trinajstić information content (AvgIpc) is 2.41. The van der Waals surface area contributed by atoms with Crippen LogP contribution in [0.4, 0.5) is 0 Å². The van der Waals surface area contributed by atoms with Crippen LogP contribution in [0.25, 0.3) is 6.08 Å². The number of fused-ring (bicyclic) bond motifs is 1. The van der Waals surface area contributed by atoms with E-state index in [0.717, 1.165) is 12.8 Å². The molecular weight excluding hydrogens is 280 g/mol. The number of rotatable bonds is 4. The summed E-state index contributed by atoms with van der Waals surface area (Å²) < 4.78 is 5.91. The van der Waals surface area contributed by atoms with E-state index in [1.807, 2.05) is 26.8 Å². The number of benzene rings is 1. The first-order valence-corrected chi connectivity index (χ1v) is 7.35. The summed E-state index contributed by atoms with van der Waals surface area (Å²) in [5.41, 5.74) is 1.14. The van der Waals surface area contributed by atoms with Gasteiger partial charge in [0.05, 0.1) is 11.1 Å². The molecule has 4 nitrogen and oxygen atoms in total. The molecule has 1 heterocycles. The molecule has 4 heteroatoms. The van der Waals surface area contributed by atoms with E-state index in [1.54, 1.807) is 6.08 Å². The van der Waals surface area contributed by atoms with Crippen molar-refractivity contribution >= 4 is 11.9 Å². The highest BCUT2D eigenvalue weighted by atomic mass is 16.5. The Morgan fingerprint density at radius 1 is 1.32 bits per heavy atom. The Labute approximate surface area is 130 Å². The second kappa shape index (κ2) is 5.87. The number of Topliss-reactive ketones (excluding diaryl/α,β-unsaturated/α-hetero) is 1. The standard InChI is InChI=1S/C18H22O4/c1-11(2)6-5-8-18(4)9-7-13-16(21)14(12(3)19)10-15(20)17(13)22-18/h6-7,9-10,20-21H,5,8H2,1-4H3. The molecule has 0 aliphatic carbocycles. The van der Waals surface area contributed by atoms with Crippen LogP contribution in [0.3, 0.4) is 0 Å². The first kappa shape index (κ1) is 16.1. The van der Waals surface area contributed by atoms with Crippen LogP contribution in [0.2, 0.25) is 0 Å². The highest BCUT2D eigenvalue weighted by Gasteiger charge is 2.31. The molecule has 0 amide bonds. The molecule has 0 saturated heterocycles. The Balaban J connectivity index is 2.35. The lowest BCUT2D eigenvalue weighted by Gasteiger charge is -2.32. The quantitative estimate of drug-likeness (QED) is 0.496. The Kier molecular flexibility index (Phi) is 4.31. The van der Waals surface area contributed by atoms with E-state index in [4.69, 9.17) is 4.74 Å². The van der Waals surface area contributed by atoms with Crippen molar-refractivity contribution in [3.05, 3.63) is 34.9 Å². The van der Waals surface area contributed by atoms with Crippen molar-refractivity contribution in [1.29, 1.82) is 0 Å². The maximum Gasteiger partial charge on any atom is 0.173 e. The fraction of sp³-hybridized carbons (Fsp3) is 0.389. The fourth-order valence-corrected chi connectivity index (χ4v) is 2.50. The lowest BCUT2D eigenvalue weighted by molar-refractivity contribution is 0.101. The lowest BCUT2D eigenvalue weighted by Crippen LogP contribution is -2.31. The molecule has 118 valence electrons. The van der Waals surface area contributed by atoms with Gasteiger partial charge in [-0.25, -0.2) is 0 Å². The summed E-state index contributed by atoms with van der Waals surface area (Å²) in [5.74, 6) is -0.357. The summed E-state index contributed by atoms with van der Waals surface area (Å²) in [6.45, 7) is 7.36. The first-order valence-electron chi connectivity index (χ1n) is 7.35. The van der Waals surface area contributed by atoms with Gasteiger partial charge >= 0.3 is 0 Å². The molecule has 22 heavy (non-hydrogen) atoms. The Bertz CT molecular complexity index is 666. The summed E-state index contributed by atoms with van der Waals surface area (Å²) >= 11 is 0. The van der Waals surface area contributed by atoms with Crippen LogP contribution in [0.5, 0.6) is 17.2 Å². The van der Waals surface area contributed by atoms with Gasteiger partial charge in [0.2, 0.25) is 0 Å². The summed E-state index contributed by atoms with van der Waals surface area (Å²) in [7, 11) is 0. The third-order valence-electron chi connectivity index (χ3n) is 3.78. The van der Waals surface area contributed by atoms with Gasteiger partial charge in [-0.15, -0.1) is 0 Å². The summed E-state index contributed by atoms with van der Waals surface area (Å²) in [5, 5.41) is 20.3.